The molecule has 1 N–H and O–H groups in total. The van der Waals surface area contributed by atoms with Crippen molar-refractivity contribution < 1.29 is 9.59 Å². The van der Waals surface area contributed by atoms with Crippen LogP contribution in [0, 0.1) is 13.8 Å². The maximum absolute atomic E-state index is 12.6. The predicted molar refractivity (Wildman–Crippen MR) is 112 cm³/mol. The van der Waals surface area contributed by atoms with Gasteiger partial charge in [-0.1, -0.05) is 19.3 Å². The topological polar surface area (TPSA) is 57.6 Å². The minimum atomic E-state index is 0.0213. The second-order valence-electron chi connectivity index (χ2n) is 8.10. The van der Waals surface area contributed by atoms with Crippen LogP contribution in [0.2, 0.25) is 0 Å². The van der Waals surface area contributed by atoms with Crippen molar-refractivity contribution in [3.63, 3.8) is 0 Å². The Labute approximate surface area is 168 Å². The molecule has 0 unspecified atom stereocenters. The summed E-state index contributed by atoms with van der Waals surface area (Å²) in [5.41, 5.74) is 3.71. The van der Waals surface area contributed by atoms with Gasteiger partial charge in [-0.25, -0.2) is 0 Å². The highest BCUT2D eigenvalue weighted by atomic mass is 16.2. The molecule has 1 aliphatic carbocycles. The van der Waals surface area contributed by atoms with Gasteiger partial charge in [-0.05, 0) is 44.4 Å². The summed E-state index contributed by atoms with van der Waals surface area (Å²) in [5.74, 6) is 0.0788. The van der Waals surface area contributed by atoms with Gasteiger partial charge in [0.05, 0.1) is 6.54 Å². The van der Waals surface area contributed by atoms with Crippen LogP contribution >= 0.6 is 0 Å². The van der Waals surface area contributed by atoms with Gasteiger partial charge >= 0.3 is 0 Å². The van der Waals surface area contributed by atoms with E-state index < -0.39 is 0 Å². The van der Waals surface area contributed by atoms with Crippen molar-refractivity contribution in [2.24, 2.45) is 0 Å². The molecule has 6 heteroatoms. The number of likely N-dealkylation sites (N-methyl/N-ethyl adjacent to an activating group) is 1. The Bertz CT molecular complexity index is 723. The van der Waals surface area contributed by atoms with Crippen LogP contribution in [-0.4, -0.2) is 66.0 Å². The molecule has 154 valence electrons. The molecule has 3 rings (SSSR count). The molecule has 1 aromatic heterocycles. The molecular weight excluding hydrogens is 352 g/mol. The highest BCUT2D eigenvalue weighted by molar-refractivity contribution is 5.92. The van der Waals surface area contributed by atoms with Crippen LogP contribution in [-0.2, 0) is 9.59 Å². The fraction of sp³-hybridized carbons (Fsp3) is 0.636. The molecule has 0 aromatic carbocycles. The minimum absolute atomic E-state index is 0.0213. The number of amides is 2. The molecule has 6 nitrogen and oxygen atoms in total. The molecule has 28 heavy (non-hydrogen) atoms. The van der Waals surface area contributed by atoms with Crippen molar-refractivity contribution in [1.82, 2.24) is 19.7 Å². The lowest BCUT2D eigenvalue weighted by Crippen LogP contribution is -2.50. The summed E-state index contributed by atoms with van der Waals surface area (Å²) in [6.07, 6.45) is 10.2. The monoisotopic (exact) mass is 386 g/mol. The standard InChI is InChI=1S/C22H34N4O2/c1-17-15-19(18(2)26(17)20-7-5-4-6-8-20)9-10-22(28)25-13-11-24(12-14-25)16-21(27)23-3/h9-10,15,20H,4-8,11-14,16H2,1-3H3,(H,23,27). The van der Waals surface area contributed by atoms with Crippen molar-refractivity contribution >= 4 is 17.9 Å². The smallest absolute Gasteiger partial charge is 0.246 e. The molecule has 2 amide bonds. The van der Waals surface area contributed by atoms with Gasteiger partial charge in [0.15, 0.2) is 0 Å². The van der Waals surface area contributed by atoms with E-state index in [1.165, 1.54) is 43.5 Å². The van der Waals surface area contributed by atoms with Gasteiger partial charge in [-0.3, -0.25) is 14.5 Å². The molecule has 0 radical (unpaired) electrons. The second kappa shape index (κ2) is 9.41. The zero-order valence-corrected chi connectivity index (χ0v) is 17.5. The van der Waals surface area contributed by atoms with Gasteiger partial charge in [-0.2, -0.15) is 0 Å². The van der Waals surface area contributed by atoms with Crippen LogP contribution < -0.4 is 5.32 Å². The SMILES string of the molecule is CNC(=O)CN1CCN(C(=O)C=Cc2cc(C)n(C3CCCCC3)c2C)CC1. The number of piperazine rings is 1. The van der Waals surface area contributed by atoms with E-state index in [4.69, 9.17) is 0 Å². The molecule has 1 aromatic rings. The zero-order chi connectivity index (χ0) is 20.1. The fourth-order valence-electron chi connectivity index (χ4n) is 4.55. The van der Waals surface area contributed by atoms with Crippen LogP contribution in [0.4, 0.5) is 0 Å². The summed E-state index contributed by atoms with van der Waals surface area (Å²) >= 11 is 0. The number of carbonyl (C=O) groups excluding carboxylic acids is 2. The van der Waals surface area contributed by atoms with Gasteiger partial charge in [0, 0.05) is 56.7 Å². The second-order valence-corrected chi connectivity index (χ2v) is 8.10. The molecular formula is C22H34N4O2. The molecule has 2 fully saturated rings. The average Bonchev–Trinajstić information content (AvgIpc) is 3.00. The molecule has 1 saturated carbocycles. The van der Waals surface area contributed by atoms with E-state index in [0.717, 1.165) is 18.7 Å². The van der Waals surface area contributed by atoms with Gasteiger partial charge < -0.3 is 14.8 Å². The Morgan fingerprint density at radius 3 is 2.43 bits per heavy atom. The lowest BCUT2D eigenvalue weighted by molar-refractivity contribution is -0.128. The van der Waals surface area contributed by atoms with Crippen LogP contribution in [0.5, 0.6) is 0 Å². The largest absolute Gasteiger partial charge is 0.358 e. The number of nitrogens with one attached hydrogen (secondary N) is 1. The predicted octanol–water partition coefficient (Wildman–Crippen LogP) is 2.51. The first kappa shape index (κ1) is 20.6. The summed E-state index contributed by atoms with van der Waals surface area (Å²) in [4.78, 5) is 28.0. The highest BCUT2D eigenvalue weighted by Gasteiger charge is 2.22. The molecule has 0 atom stereocenters. The Kier molecular flexibility index (Phi) is 6.94. The summed E-state index contributed by atoms with van der Waals surface area (Å²) < 4.78 is 2.47. The Morgan fingerprint density at radius 1 is 1.11 bits per heavy atom. The van der Waals surface area contributed by atoms with Crippen molar-refractivity contribution in [2.75, 3.05) is 39.8 Å². The van der Waals surface area contributed by atoms with Crippen LogP contribution in [0.25, 0.3) is 6.08 Å². The molecule has 2 heterocycles. The lowest BCUT2D eigenvalue weighted by Gasteiger charge is -2.33. The molecule has 0 bridgehead atoms. The first-order chi connectivity index (χ1) is 13.5. The number of nitrogens with zero attached hydrogens (tertiary/aromatic N) is 3. The number of aromatic nitrogens is 1. The third-order valence-corrected chi connectivity index (χ3v) is 6.20. The fourth-order valence-corrected chi connectivity index (χ4v) is 4.55. The molecule has 1 saturated heterocycles. The lowest BCUT2D eigenvalue weighted by atomic mass is 9.95. The number of aryl methyl sites for hydroxylation is 1. The van der Waals surface area contributed by atoms with Crippen LogP contribution in [0.3, 0.4) is 0 Å². The van der Waals surface area contributed by atoms with Crippen molar-refractivity contribution in [3.8, 4) is 0 Å². The van der Waals surface area contributed by atoms with E-state index in [-0.39, 0.29) is 11.8 Å². The van der Waals surface area contributed by atoms with E-state index in [0.29, 0.717) is 25.7 Å². The number of hydrogen-bond donors (Lipinski definition) is 1. The first-order valence-corrected chi connectivity index (χ1v) is 10.6. The number of hydrogen-bond acceptors (Lipinski definition) is 3. The van der Waals surface area contributed by atoms with Gasteiger partial charge in [-0.15, -0.1) is 0 Å². The maximum Gasteiger partial charge on any atom is 0.246 e. The van der Waals surface area contributed by atoms with Crippen LogP contribution in [0.1, 0.15) is 55.1 Å². The summed E-state index contributed by atoms with van der Waals surface area (Å²) in [7, 11) is 1.65. The van der Waals surface area contributed by atoms with Crippen molar-refractivity contribution in [3.05, 3.63) is 29.1 Å². The highest BCUT2D eigenvalue weighted by Crippen LogP contribution is 2.32. The summed E-state index contributed by atoms with van der Waals surface area (Å²) in [6, 6.07) is 2.81. The number of rotatable bonds is 5. The van der Waals surface area contributed by atoms with Gasteiger partial charge in [0.2, 0.25) is 11.8 Å². The van der Waals surface area contributed by atoms with E-state index >= 15 is 0 Å². The minimum Gasteiger partial charge on any atom is -0.358 e. The average molecular weight is 387 g/mol. The molecule has 1 aliphatic heterocycles. The van der Waals surface area contributed by atoms with Crippen LogP contribution in [0.15, 0.2) is 12.1 Å². The first-order valence-electron chi connectivity index (χ1n) is 10.6. The third kappa shape index (κ3) is 4.85. The summed E-state index contributed by atoms with van der Waals surface area (Å²) in [5, 5.41) is 2.65. The van der Waals surface area contributed by atoms with E-state index in [2.05, 4.69) is 34.7 Å². The maximum atomic E-state index is 12.6. The van der Waals surface area contributed by atoms with Crippen molar-refractivity contribution in [2.45, 2.75) is 52.0 Å². The van der Waals surface area contributed by atoms with Gasteiger partial charge in [0.25, 0.3) is 0 Å². The third-order valence-electron chi connectivity index (χ3n) is 6.20. The van der Waals surface area contributed by atoms with Crippen molar-refractivity contribution in [1.29, 1.82) is 0 Å². The Morgan fingerprint density at radius 2 is 1.79 bits per heavy atom. The number of carbonyl (C=O) groups is 2. The Balaban J connectivity index is 1.58. The molecule has 2 aliphatic rings. The summed E-state index contributed by atoms with van der Waals surface area (Å²) in [6.45, 7) is 7.56. The zero-order valence-electron chi connectivity index (χ0n) is 17.5. The van der Waals surface area contributed by atoms with Gasteiger partial charge in [0.1, 0.15) is 0 Å². The van der Waals surface area contributed by atoms with E-state index in [1.807, 2.05) is 11.0 Å². The normalized spacial score (nSPS) is 19.3. The molecule has 0 spiro atoms. The van der Waals surface area contributed by atoms with E-state index in [1.54, 1.807) is 13.1 Å². The van der Waals surface area contributed by atoms with E-state index in [9.17, 15) is 9.59 Å². The Hall–Kier alpha value is -2.08. The quantitative estimate of drug-likeness (QED) is 0.791.